The standard InChI is InChI=1S/C8H7F10/c1-3(2)4(5(9,10)7(13,14)15)6(11,12)8(16,17)18/h3H,1-2H3. The first kappa shape index (κ1) is 17.3. The lowest BCUT2D eigenvalue weighted by molar-refractivity contribution is -0.329. The minimum absolute atomic E-state index is 0.397. The molecule has 0 fully saturated rings. The second kappa shape index (κ2) is 4.44. The van der Waals surface area contributed by atoms with Gasteiger partial charge in [-0.05, 0) is 5.92 Å². The number of halogens is 10. The van der Waals surface area contributed by atoms with Crippen LogP contribution in [0.25, 0.3) is 0 Å². The summed E-state index contributed by atoms with van der Waals surface area (Å²) in [5.74, 6) is -18.0. The Morgan fingerprint density at radius 1 is 0.611 bits per heavy atom. The Morgan fingerprint density at radius 3 is 0.944 bits per heavy atom. The van der Waals surface area contributed by atoms with Gasteiger partial charge in [0.1, 0.15) is 5.92 Å². The average Bonchev–Trinajstić information content (AvgIpc) is 1.96. The van der Waals surface area contributed by atoms with Crippen LogP contribution in [0.5, 0.6) is 0 Å². The van der Waals surface area contributed by atoms with E-state index in [1.54, 1.807) is 0 Å². The molecule has 0 aliphatic heterocycles. The molecular formula is C8H7F10. The third-order valence-electron chi connectivity index (χ3n) is 1.97. The van der Waals surface area contributed by atoms with Crippen LogP contribution in [0.2, 0.25) is 0 Å². The second-order valence-electron chi connectivity index (χ2n) is 3.71. The van der Waals surface area contributed by atoms with E-state index in [9.17, 15) is 43.9 Å². The third-order valence-corrected chi connectivity index (χ3v) is 1.97. The summed E-state index contributed by atoms with van der Waals surface area (Å²) in [5, 5.41) is 0. The Labute approximate surface area is 94.9 Å². The van der Waals surface area contributed by atoms with Gasteiger partial charge in [0.25, 0.3) is 0 Å². The van der Waals surface area contributed by atoms with Crippen LogP contribution >= 0.6 is 0 Å². The summed E-state index contributed by atoms with van der Waals surface area (Å²) in [7, 11) is 0. The molecule has 10 heteroatoms. The molecule has 0 spiro atoms. The van der Waals surface area contributed by atoms with Crippen molar-refractivity contribution >= 4 is 0 Å². The smallest absolute Gasteiger partial charge is 0.195 e. The maximum atomic E-state index is 12.7. The van der Waals surface area contributed by atoms with Crippen LogP contribution in [-0.4, -0.2) is 24.2 Å². The van der Waals surface area contributed by atoms with Crippen molar-refractivity contribution in [3.05, 3.63) is 5.92 Å². The third kappa shape index (κ3) is 2.82. The zero-order chi connectivity index (χ0) is 15.2. The van der Waals surface area contributed by atoms with Crippen LogP contribution < -0.4 is 0 Å². The Hall–Kier alpha value is -0.700. The molecule has 0 bridgehead atoms. The van der Waals surface area contributed by atoms with Crippen molar-refractivity contribution in [1.29, 1.82) is 0 Å². The Kier molecular flexibility index (Phi) is 4.27. The molecule has 18 heavy (non-hydrogen) atoms. The molecule has 0 aliphatic rings. The van der Waals surface area contributed by atoms with Crippen molar-refractivity contribution in [1.82, 2.24) is 0 Å². The van der Waals surface area contributed by atoms with E-state index in [4.69, 9.17) is 0 Å². The second-order valence-corrected chi connectivity index (χ2v) is 3.71. The SMILES string of the molecule is CC(C)[C](C(F)(F)C(F)(F)F)C(F)(F)C(F)(F)F. The number of hydrogen-bond donors (Lipinski definition) is 0. The topological polar surface area (TPSA) is 0 Å². The van der Waals surface area contributed by atoms with Crippen molar-refractivity contribution in [2.75, 3.05) is 0 Å². The van der Waals surface area contributed by atoms with Crippen molar-refractivity contribution in [3.63, 3.8) is 0 Å². The van der Waals surface area contributed by atoms with Crippen molar-refractivity contribution < 1.29 is 43.9 Å². The molecule has 0 rings (SSSR count). The maximum absolute atomic E-state index is 12.7. The van der Waals surface area contributed by atoms with Gasteiger partial charge in [-0.2, -0.15) is 43.9 Å². The molecule has 1 radical (unpaired) electrons. The van der Waals surface area contributed by atoms with Crippen molar-refractivity contribution in [2.45, 2.75) is 38.0 Å². The van der Waals surface area contributed by atoms with E-state index >= 15 is 0 Å². The molecule has 0 amide bonds. The fourth-order valence-electron chi connectivity index (χ4n) is 1.23. The summed E-state index contributed by atoms with van der Waals surface area (Å²) < 4.78 is 122. The van der Waals surface area contributed by atoms with Crippen LogP contribution in [0.3, 0.4) is 0 Å². The van der Waals surface area contributed by atoms with E-state index in [0.717, 1.165) is 0 Å². The number of alkyl halides is 10. The van der Waals surface area contributed by atoms with Crippen molar-refractivity contribution in [3.8, 4) is 0 Å². The lowest BCUT2D eigenvalue weighted by Crippen LogP contribution is -2.56. The molecule has 0 saturated carbocycles. The maximum Gasteiger partial charge on any atom is 0.454 e. The molecule has 0 aromatic heterocycles. The van der Waals surface area contributed by atoms with Gasteiger partial charge in [0, 0.05) is 0 Å². The first-order valence-corrected chi connectivity index (χ1v) is 4.33. The Balaban J connectivity index is 5.77. The highest BCUT2D eigenvalue weighted by atomic mass is 19.4. The zero-order valence-electron chi connectivity index (χ0n) is 8.86. The predicted molar refractivity (Wildman–Crippen MR) is 40.1 cm³/mol. The predicted octanol–water partition coefficient (Wildman–Crippen LogP) is 4.61. The molecule has 0 unspecified atom stereocenters. The summed E-state index contributed by atoms with van der Waals surface area (Å²) in [6.07, 6.45) is -13.1. The van der Waals surface area contributed by atoms with E-state index in [-0.39, 0.29) is 0 Å². The first-order chi connectivity index (χ1) is 7.57. The molecule has 0 atom stereocenters. The minimum Gasteiger partial charge on any atom is -0.195 e. The lowest BCUT2D eigenvalue weighted by Gasteiger charge is -2.36. The van der Waals surface area contributed by atoms with Gasteiger partial charge >= 0.3 is 24.2 Å². The van der Waals surface area contributed by atoms with Gasteiger partial charge in [0.15, 0.2) is 0 Å². The first-order valence-electron chi connectivity index (χ1n) is 4.33. The van der Waals surface area contributed by atoms with Gasteiger partial charge in [-0.25, -0.2) is 0 Å². The van der Waals surface area contributed by atoms with Crippen LogP contribution in [0.15, 0.2) is 0 Å². The van der Waals surface area contributed by atoms with Crippen molar-refractivity contribution in [2.24, 2.45) is 5.92 Å². The van der Waals surface area contributed by atoms with Crippen LogP contribution in [-0.2, 0) is 0 Å². The molecule has 0 heterocycles. The molecule has 109 valence electrons. The van der Waals surface area contributed by atoms with Crippen LogP contribution in [0, 0.1) is 11.8 Å². The Morgan fingerprint density at radius 2 is 0.833 bits per heavy atom. The van der Waals surface area contributed by atoms with Gasteiger partial charge in [0.05, 0.1) is 0 Å². The van der Waals surface area contributed by atoms with Gasteiger partial charge in [-0.15, -0.1) is 0 Å². The number of hydrogen-bond acceptors (Lipinski definition) is 0. The molecule has 0 saturated heterocycles. The molecular weight excluding hydrogens is 286 g/mol. The normalized spacial score (nSPS) is 15.7. The highest BCUT2D eigenvalue weighted by Gasteiger charge is 2.76. The van der Waals surface area contributed by atoms with Gasteiger partial charge in [-0.1, -0.05) is 13.8 Å². The summed E-state index contributed by atoms with van der Waals surface area (Å²) in [6, 6.07) is 0. The summed E-state index contributed by atoms with van der Waals surface area (Å²) in [4.78, 5) is 0. The summed E-state index contributed by atoms with van der Waals surface area (Å²) in [5.41, 5.74) is 0. The molecule has 0 N–H and O–H groups in total. The highest BCUT2D eigenvalue weighted by Crippen LogP contribution is 2.56. The van der Waals surface area contributed by atoms with E-state index in [1.165, 1.54) is 0 Å². The van der Waals surface area contributed by atoms with Gasteiger partial charge < -0.3 is 0 Å². The molecule has 0 aromatic carbocycles. The van der Waals surface area contributed by atoms with Gasteiger partial charge in [-0.3, -0.25) is 0 Å². The quantitative estimate of drug-likeness (QED) is 0.666. The minimum atomic E-state index is -6.53. The fraction of sp³-hybridized carbons (Fsp3) is 0.875. The zero-order valence-corrected chi connectivity index (χ0v) is 8.86. The summed E-state index contributed by atoms with van der Waals surface area (Å²) >= 11 is 0. The van der Waals surface area contributed by atoms with Crippen LogP contribution in [0.4, 0.5) is 43.9 Å². The van der Waals surface area contributed by atoms with E-state index in [2.05, 4.69) is 0 Å². The Bertz CT molecular complexity index is 257. The van der Waals surface area contributed by atoms with E-state index < -0.39 is 36.0 Å². The molecule has 0 aliphatic carbocycles. The molecule has 0 aromatic rings. The summed E-state index contributed by atoms with van der Waals surface area (Å²) in [6.45, 7) is 0.795. The lowest BCUT2D eigenvalue weighted by atomic mass is 9.83. The number of rotatable bonds is 3. The fourth-order valence-corrected chi connectivity index (χ4v) is 1.23. The molecule has 0 nitrogen and oxygen atoms in total. The van der Waals surface area contributed by atoms with E-state index in [0.29, 0.717) is 13.8 Å². The highest BCUT2D eigenvalue weighted by molar-refractivity contribution is 5.19. The monoisotopic (exact) mass is 293 g/mol. The van der Waals surface area contributed by atoms with E-state index in [1.807, 2.05) is 0 Å². The van der Waals surface area contributed by atoms with Gasteiger partial charge in [0.2, 0.25) is 0 Å². The van der Waals surface area contributed by atoms with Crippen LogP contribution in [0.1, 0.15) is 13.8 Å². The average molecular weight is 293 g/mol. The largest absolute Gasteiger partial charge is 0.454 e.